The van der Waals surface area contributed by atoms with Crippen LogP contribution >= 0.6 is 0 Å². The average molecular weight is 211 g/mol. The summed E-state index contributed by atoms with van der Waals surface area (Å²) < 4.78 is 0. The Bertz CT molecular complexity index is 185. The summed E-state index contributed by atoms with van der Waals surface area (Å²) in [4.78, 5) is 11.6. The monoisotopic (exact) mass is 211 g/mol. The van der Waals surface area contributed by atoms with Gasteiger partial charge in [-0.15, -0.1) is 0 Å². The van der Waals surface area contributed by atoms with E-state index in [0.717, 1.165) is 44.7 Å². The van der Waals surface area contributed by atoms with Crippen LogP contribution < -0.4 is 5.32 Å². The standard InChI is InChI=1S/C13H25NO/c1-3-11(2)10-13(15)5-4-12-6-8-14-9-7-12/h11-12,14H,3-10H2,1-2H3. The van der Waals surface area contributed by atoms with Crippen molar-refractivity contribution in [3.8, 4) is 0 Å². The van der Waals surface area contributed by atoms with Gasteiger partial charge in [-0.25, -0.2) is 0 Å². The number of hydrogen-bond acceptors (Lipinski definition) is 2. The van der Waals surface area contributed by atoms with Crippen LogP contribution in [0.25, 0.3) is 0 Å². The molecule has 1 fully saturated rings. The van der Waals surface area contributed by atoms with Crippen LogP contribution in [0.3, 0.4) is 0 Å². The molecule has 1 atom stereocenters. The van der Waals surface area contributed by atoms with Gasteiger partial charge in [0.05, 0.1) is 0 Å². The molecular weight excluding hydrogens is 186 g/mol. The molecule has 0 spiro atoms. The molecule has 1 heterocycles. The first kappa shape index (κ1) is 12.7. The zero-order chi connectivity index (χ0) is 11.1. The topological polar surface area (TPSA) is 29.1 Å². The highest BCUT2D eigenvalue weighted by molar-refractivity contribution is 5.78. The Labute approximate surface area is 93.8 Å². The number of ketones is 1. The van der Waals surface area contributed by atoms with Crippen LogP contribution in [0.15, 0.2) is 0 Å². The van der Waals surface area contributed by atoms with E-state index in [-0.39, 0.29) is 0 Å². The summed E-state index contributed by atoms with van der Waals surface area (Å²) in [5.74, 6) is 1.85. The minimum atomic E-state index is 0.475. The van der Waals surface area contributed by atoms with Gasteiger partial charge in [0.2, 0.25) is 0 Å². The van der Waals surface area contributed by atoms with Crippen molar-refractivity contribution in [2.24, 2.45) is 11.8 Å². The van der Waals surface area contributed by atoms with Crippen molar-refractivity contribution in [2.75, 3.05) is 13.1 Å². The van der Waals surface area contributed by atoms with Crippen molar-refractivity contribution in [1.29, 1.82) is 0 Å². The second-order valence-electron chi connectivity index (χ2n) is 4.99. The van der Waals surface area contributed by atoms with Crippen molar-refractivity contribution >= 4 is 5.78 Å². The van der Waals surface area contributed by atoms with E-state index in [9.17, 15) is 4.79 Å². The van der Waals surface area contributed by atoms with Crippen molar-refractivity contribution in [2.45, 2.75) is 52.4 Å². The molecule has 0 aromatic heterocycles. The number of nitrogens with one attached hydrogen (secondary N) is 1. The number of piperidine rings is 1. The number of rotatable bonds is 6. The van der Waals surface area contributed by atoms with Gasteiger partial charge in [0.1, 0.15) is 5.78 Å². The Morgan fingerprint density at radius 1 is 1.40 bits per heavy atom. The first-order valence-electron chi connectivity index (χ1n) is 6.44. The lowest BCUT2D eigenvalue weighted by Gasteiger charge is -2.22. The number of carbonyl (C=O) groups excluding carboxylic acids is 1. The number of hydrogen-bond donors (Lipinski definition) is 1. The Morgan fingerprint density at radius 2 is 2.07 bits per heavy atom. The molecule has 1 aliphatic heterocycles. The summed E-state index contributed by atoms with van der Waals surface area (Å²) in [6.45, 7) is 6.61. The van der Waals surface area contributed by atoms with Crippen molar-refractivity contribution < 1.29 is 4.79 Å². The minimum absolute atomic E-state index is 0.475. The van der Waals surface area contributed by atoms with Crippen LogP contribution in [-0.2, 0) is 4.79 Å². The van der Waals surface area contributed by atoms with Crippen molar-refractivity contribution in [3.05, 3.63) is 0 Å². The van der Waals surface area contributed by atoms with Crippen LogP contribution in [0.2, 0.25) is 0 Å². The first-order chi connectivity index (χ1) is 7.22. The molecule has 88 valence electrons. The van der Waals surface area contributed by atoms with Gasteiger partial charge in [-0.1, -0.05) is 20.3 Å². The molecule has 1 N–H and O–H groups in total. The molecule has 1 rings (SSSR count). The van der Waals surface area contributed by atoms with E-state index in [0.29, 0.717) is 11.7 Å². The molecule has 0 amide bonds. The van der Waals surface area contributed by atoms with Gasteiger partial charge in [0.15, 0.2) is 0 Å². The summed E-state index contributed by atoms with van der Waals surface area (Å²) in [6, 6.07) is 0. The van der Waals surface area contributed by atoms with E-state index in [4.69, 9.17) is 0 Å². The predicted molar refractivity (Wildman–Crippen MR) is 63.9 cm³/mol. The van der Waals surface area contributed by atoms with Crippen LogP contribution in [-0.4, -0.2) is 18.9 Å². The Balaban J connectivity index is 2.10. The van der Waals surface area contributed by atoms with Crippen LogP contribution in [0.5, 0.6) is 0 Å². The van der Waals surface area contributed by atoms with E-state index in [1.54, 1.807) is 0 Å². The first-order valence-corrected chi connectivity index (χ1v) is 6.44. The van der Waals surface area contributed by atoms with Gasteiger partial charge in [-0.05, 0) is 44.2 Å². The number of Topliss-reactive ketones (excluding diaryl/α,β-unsaturated/α-hetero) is 1. The van der Waals surface area contributed by atoms with Gasteiger partial charge >= 0.3 is 0 Å². The normalized spacial score (nSPS) is 20.1. The third kappa shape index (κ3) is 5.31. The van der Waals surface area contributed by atoms with Gasteiger partial charge in [0, 0.05) is 12.8 Å². The molecule has 15 heavy (non-hydrogen) atoms. The molecule has 1 saturated heterocycles. The van der Waals surface area contributed by atoms with Crippen LogP contribution in [0, 0.1) is 11.8 Å². The van der Waals surface area contributed by atoms with E-state index < -0.39 is 0 Å². The second kappa shape index (κ2) is 7.00. The Hall–Kier alpha value is -0.370. The number of carbonyl (C=O) groups is 1. The maximum Gasteiger partial charge on any atom is 0.133 e. The van der Waals surface area contributed by atoms with E-state index in [1.807, 2.05) is 0 Å². The summed E-state index contributed by atoms with van der Waals surface area (Å²) in [6.07, 6.45) is 6.37. The fourth-order valence-electron chi connectivity index (χ4n) is 2.17. The van der Waals surface area contributed by atoms with E-state index >= 15 is 0 Å². The van der Waals surface area contributed by atoms with Crippen LogP contribution in [0.1, 0.15) is 52.4 Å². The van der Waals surface area contributed by atoms with Crippen molar-refractivity contribution in [3.63, 3.8) is 0 Å². The van der Waals surface area contributed by atoms with Crippen LogP contribution in [0.4, 0.5) is 0 Å². The summed E-state index contributed by atoms with van der Waals surface area (Å²) in [5, 5.41) is 3.36. The lowest BCUT2D eigenvalue weighted by molar-refractivity contribution is -0.120. The molecule has 0 aromatic rings. The molecule has 0 aromatic carbocycles. The maximum absolute atomic E-state index is 11.6. The quantitative estimate of drug-likeness (QED) is 0.732. The van der Waals surface area contributed by atoms with E-state index in [2.05, 4.69) is 19.2 Å². The lowest BCUT2D eigenvalue weighted by atomic mass is 9.90. The molecule has 0 bridgehead atoms. The highest BCUT2D eigenvalue weighted by Crippen LogP contribution is 2.19. The molecule has 0 radical (unpaired) electrons. The zero-order valence-corrected chi connectivity index (χ0v) is 10.2. The highest BCUT2D eigenvalue weighted by Gasteiger charge is 2.15. The van der Waals surface area contributed by atoms with E-state index in [1.165, 1.54) is 12.8 Å². The molecular formula is C13H25NO. The van der Waals surface area contributed by atoms with Gasteiger partial charge in [-0.3, -0.25) is 4.79 Å². The third-order valence-electron chi connectivity index (χ3n) is 3.56. The lowest BCUT2D eigenvalue weighted by Crippen LogP contribution is -2.28. The fourth-order valence-corrected chi connectivity index (χ4v) is 2.17. The van der Waals surface area contributed by atoms with Gasteiger partial charge < -0.3 is 5.32 Å². The average Bonchev–Trinajstić information content (AvgIpc) is 2.27. The molecule has 0 saturated carbocycles. The molecule has 1 unspecified atom stereocenters. The van der Waals surface area contributed by atoms with Crippen molar-refractivity contribution in [1.82, 2.24) is 5.32 Å². The Kier molecular flexibility index (Phi) is 5.92. The fraction of sp³-hybridized carbons (Fsp3) is 0.923. The SMILES string of the molecule is CCC(C)CC(=O)CCC1CCNCC1. The second-order valence-corrected chi connectivity index (χ2v) is 4.99. The predicted octanol–water partition coefficient (Wildman–Crippen LogP) is 2.77. The molecule has 2 nitrogen and oxygen atoms in total. The highest BCUT2D eigenvalue weighted by atomic mass is 16.1. The zero-order valence-electron chi connectivity index (χ0n) is 10.2. The smallest absolute Gasteiger partial charge is 0.133 e. The summed E-state index contributed by atoms with van der Waals surface area (Å²) in [7, 11) is 0. The molecule has 2 heteroatoms. The molecule has 0 aliphatic carbocycles. The third-order valence-corrected chi connectivity index (χ3v) is 3.56. The summed E-state index contributed by atoms with van der Waals surface area (Å²) >= 11 is 0. The van der Waals surface area contributed by atoms with Gasteiger partial charge in [0.25, 0.3) is 0 Å². The summed E-state index contributed by atoms with van der Waals surface area (Å²) in [5.41, 5.74) is 0. The maximum atomic E-state index is 11.6. The molecule has 1 aliphatic rings. The minimum Gasteiger partial charge on any atom is -0.317 e. The van der Waals surface area contributed by atoms with Gasteiger partial charge in [-0.2, -0.15) is 0 Å². The Morgan fingerprint density at radius 3 is 2.67 bits per heavy atom. The largest absolute Gasteiger partial charge is 0.317 e.